The molecule has 1 aliphatic rings. The lowest BCUT2D eigenvalue weighted by Crippen LogP contribution is -2.39. The summed E-state index contributed by atoms with van der Waals surface area (Å²) in [6, 6.07) is 7.92. The minimum absolute atomic E-state index is 0.0924. The van der Waals surface area contributed by atoms with Crippen LogP contribution in [0.4, 0.5) is 0 Å². The van der Waals surface area contributed by atoms with Crippen molar-refractivity contribution in [1.29, 1.82) is 5.26 Å². The highest BCUT2D eigenvalue weighted by Crippen LogP contribution is 2.23. The smallest absolute Gasteiger partial charge is 0.314 e. The molecule has 0 bridgehead atoms. The molecule has 1 aromatic carbocycles. The first kappa shape index (κ1) is 15.4. The Kier molecular flexibility index (Phi) is 4.32. The van der Waals surface area contributed by atoms with Crippen molar-refractivity contribution < 1.29 is 24.3 Å². The summed E-state index contributed by atoms with van der Waals surface area (Å²) in [4.78, 5) is 48.1. The fraction of sp³-hybridized carbons (Fsp3) is 0.267. The van der Waals surface area contributed by atoms with Crippen LogP contribution in [0.5, 0.6) is 0 Å². The molecular formula is C15H12N2O5. The molecule has 22 heavy (non-hydrogen) atoms. The van der Waals surface area contributed by atoms with Crippen LogP contribution >= 0.6 is 0 Å². The third kappa shape index (κ3) is 2.72. The van der Waals surface area contributed by atoms with Crippen LogP contribution in [-0.2, 0) is 9.59 Å². The average Bonchev–Trinajstić information content (AvgIpc) is 2.73. The highest BCUT2D eigenvalue weighted by molar-refractivity contribution is 6.22. The van der Waals surface area contributed by atoms with Crippen molar-refractivity contribution in [2.24, 2.45) is 5.92 Å². The number of Topliss-reactive ketones (excluding diaryl/α,β-unsaturated/α-hetero) is 1. The SMILES string of the molecule is N#CCC[C@@H](C(=O)O)C(=O)CN1C(=O)c2ccccc2C1=O. The maximum Gasteiger partial charge on any atom is 0.314 e. The monoisotopic (exact) mass is 300 g/mol. The number of ketones is 1. The molecule has 0 unspecified atom stereocenters. The van der Waals surface area contributed by atoms with Crippen molar-refractivity contribution in [1.82, 2.24) is 4.90 Å². The summed E-state index contributed by atoms with van der Waals surface area (Å²) in [7, 11) is 0. The van der Waals surface area contributed by atoms with Crippen LogP contribution in [-0.4, -0.2) is 40.1 Å². The van der Waals surface area contributed by atoms with E-state index in [0.29, 0.717) is 0 Å². The lowest BCUT2D eigenvalue weighted by atomic mass is 9.98. The van der Waals surface area contributed by atoms with E-state index in [0.717, 1.165) is 4.90 Å². The summed E-state index contributed by atoms with van der Waals surface area (Å²) in [5, 5.41) is 17.5. The molecule has 1 aromatic rings. The molecular weight excluding hydrogens is 288 g/mol. The Morgan fingerprint density at radius 1 is 1.18 bits per heavy atom. The Morgan fingerprint density at radius 2 is 1.73 bits per heavy atom. The zero-order valence-corrected chi connectivity index (χ0v) is 11.5. The molecule has 0 saturated heterocycles. The average molecular weight is 300 g/mol. The minimum Gasteiger partial charge on any atom is -0.481 e. The number of hydrogen-bond donors (Lipinski definition) is 1. The van der Waals surface area contributed by atoms with Gasteiger partial charge in [0.2, 0.25) is 0 Å². The van der Waals surface area contributed by atoms with E-state index in [1.54, 1.807) is 18.2 Å². The highest BCUT2D eigenvalue weighted by Gasteiger charge is 2.38. The Labute approximate surface area is 125 Å². The molecule has 0 saturated carbocycles. The van der Waals surface area contributed by atoms with Gasteiger partial charge in [-0.2, -0.15) is 5.26 Å². The lowest BCUT2D eigenvalue weighted by molar-refractivity contribution is -0.146. The van der Waals surface area contributed by atoms with Gasteiger partial charge in [-0.1, -0.05) is 12.1 Å². The number of imide groups is 1. The predicted molar refractivity (Wildman–Crippen MR) is 72.8 cm³/mol. The van der Waals surface area contributed by atoms with Crippen molar-refractivity contribution >= 4 is 23.6 Å². The molecule has 1 aliphatic heterocycles. The molecule has 1 atom stereocenters. The molecule has 0 aromatic heterocycles. The molecule has 0 aliphatic carbocycles. The number of nitrogens with zero attached hydrogens (tertiary/aromatic N) is 2. The standard InChI is InChI=1S/C15H12N2O5/c16-7-3-6-11(15(21)22)12(18)8-17-13(19)9-4-1-2-5-10(9)14(17)20/h1-2,4-5,11H,3,6,8H2,(H,21,22)/t11-/m1/s1. The van der Waals surface area contributed by atoms with Gasteiger partial charge >= 0.3 is 5.97 Å². The summed E-state index contributed by atoms with van der Waals surface area (Å²) in [5.41, 5.74) is 0.397. The minimum atomic E-state index is -1.40. The normalized spacial score (nSPS) is 14.4. The zero-order chi connectivity index (χ0) is 16.3. The molecule has 112 valence electrons. The van der Waals surface area contributed by atoms with E-state index in [1.165, 1.54) is 12.1 Å². The van der Waals surface area contributed by atoms with Gasteiger partial charge < -0.3 is 5.11 Å². The van der Waals surface area contributed by atoms with E-state index in [2.05, 4.69) is 0 Å². The molecule has 0 spiro atoms. The van der Waals surface area contributed by atoms with Crippen molar-refractivity contribution in [2.75, 3.05) is 6.54 Å². The largest absolute Gasteiger partial charge is 0.481 e. The van der Waals surface area contributed by atoms with E-state index in [-0.39, 0.29) is 24.0 Å². The maximum absolute atomic E-state index is 12.1. The van der Waals surface area contributed by atoms with Crippen LogP contribution < -0.4 is 0 Å². The van der Waals surface area contributed by atoms with Crippen LogP contribution in [0.15, 0.2) is 24.3 Å². The highest BCUT2D eigenvalue weighted by atomic mass is 16.4. The number of nitriles is 1. The van der Waals surface area contributed by atoms with Crippen molar-refractivity contribution in [2.45, 2.75) is 12.8 Å². The Hall–Kier alpha value is -3.01. The van der Waals surface area contributed by atoms with Crippen molar-refractivity contribution in [3.63, 3.8) is 0 Å². The van der Waals surface area contributed by atoms with Gasteiger partial charge in [0.05, 0.1) is 23.7 Å². The van der Waals surface area contributed by atoms with E-state index in [1.807, 2.05) is 0 Å². The first-order valence-electron chi connectivity index (χ1n) is 6.55. The third-order valence-electron chi connectivity index (χ3n) is 3.42. The van der Waals surface area contributed by atoms with Gasteiger partial charge in [-0.25, -0.2) is 0 Å². The van der Waals surface area contributed by atoms with E-state index in [9.17, 15) is 19.2 Å². The van der Waals surface area contributed by atoms with Gasteiger partial charge in [0.1, 0.15) is 5.92 Å². The molecule has 2 rings (SSSR count). The Bertz CT molecular complexity index is 669. The van der Waals surface area contributed by atoms with Gasteiger partial charge in [-0.3, -0.25) is 24.1 Å². The third-order valence-corrected chi connectivity index (χ3v) is 3.42. The first-order chi connectivity index (χ1) is 10.5. The fourth-order valence-corrected chi connectivity index (χ4v) is 2.28. The van der Waals surface area contributed by atoms with Crippen LogP contribution in [0.3, 0.4) is 0 Å². The van der Waals surface area contributed by atoms with E-state index >= 15 is 0 Å². The first-order valence-corrected chi connectivity index (χ1v) is 6.55. The van der Waals surface area contributed by atoms with Crippen LogP contribution in [0.2, 0.25) is 0 Å². The number of aliphatic carboxylic acids is 1. The second kappa shape index (κ2) is 6.18. The summed E-state index contributed by atoms with van der Waals surface area (Å²) in [5.74, 6) is -4.75. The predicted octanol–water partition coefficient (Wildman–Crippen LogP) is 0.856. The summed E-state index contributed by atoms with van der Waals surface area (Å²) < 4.78 is 0. The maximum atomic E-state index is 12.1. The number of hydrogen-bond acceptors (Lipinski definition) is 5. The number of carbonyl (C=O) groups excluding carboxylic acids is 3. The number of carboxylic acids is 1. The Morgan fingerprint density at radius 3 is 2.18 bits per heavy atom. The van der Waals surface area contributed by atoms with Crippen LogP contribution in [0.25, 0.3) is 0 Å². The number of carbonyl (C=O) groups is 4. The second-order valence-corrected chi connectivity index (χ2v) is 4.80. The molecule has 0 fully saturated rings. The molecule has 1 heterocycles. The zero-order valence-electron chi connectivity index (χ0n) is 11.5. The summed E-state index contributed by atoms with van der Waals surface area (Å²) in [6.07, 6.45) is -0.237. The Balaban J connectivity index is 2.16. The van der Waals surface area contributed by atoms with E-state index in [4.69, 9.17) is 10.4 Å². The van der Waals surface area contributed by atoms with E-state index < -0.39 is 36.0 Å². The van der Waals surface area contributed by atoms with Gasteiger partial charge in [0, 0.05) is 6.42 Å². The molecule has 0 radical (unpaired) electrons. The number of amides is 2. The quantitative estimate of drug-likeness (QED) is 0.615. The number of rotatable bonds is 6. The second-order valence-electron chi connectivity index (χ2n) is 4.80. The molecule has 7 nitrogen and oxygen atoms in total. The van der Waals surface area contributed by atoms with Gasteiger partial charge in [-0.15, -0.1) is 0 Å². The number of carboxylic acid groups (broad SMARTS) is 1. The van der Waals surface area contributed by atoms with Gasteiger partial charge in [0.15, 0.2) is 5.78 Å². The number of benzene rings is 1. The van der Waals surface area contributed by atoms with Gasteiger partial charge in [-0.05, 0) is 18.6 Å². The molecule has 7 heteroatoms. The number of fused-ring (bicyclic) bond motifs is 1. The van der Waals surface area contributed by atoms with Gasteiger partial charge in [0.25, 0.3) is 11.8 Å². The van der Waals surface area contributed by atoms with Crippen LogP contribution in [0.1, 0.15) is 33.6 Å². The summed E-state index contributed by atoms with van der Waals surface area (Å²) in [6.45, 7) is -0.602. The summed E-state index contributed by atoms with van der Waals surface area (Å²) >= 11 is 0. The fourth-order valence-electron chi connectivity index (χ4n) is 2.28. The lowest BCUT2D eigenvalue weighted by Gasteiger charge is -2.16. The molecule has 1 N–H and O–H groups in total. The van der Waals surface area contributed by atoms with Crippen molar-refractivity contribution in [3.05, 3.63) is 35.4 Å². The van der Waals surface area contributed by atoms with Crippen LogP contribution in [0, 0.1) is 17.2 Å². The topological polar surface area (TPSA) is 116 Å². The van der Waals surface area contributed by atoms with Crippen molar-refractivity contribution in [3.8, 4) is 6.07 Å². The molecule has 2 amide bonds.